The SMILES string of the molecule is Cc1ccccc1-c1cc(COC(CCC2CCCCC2)c2cncs2)ccc1C(=O)NC(CO)C(=O)O. The maximum absolute atomic E-state index is 13.1. The van der Waals surface area contributed by atoms with Gasteiger partial charge in [0.2, 0.25) is 0 Å². The molecule has 0 aliphatic heterocycles. The molecule has 2 aromatic carbocycles. The van der Waals surface area contributed by atoms with Crippen molar-refractivity contribution in [1.29, 1.82) is 0 Å². The number of aliphatic hydroxyl groups excluding tert-OH is 1. The fraction of sp³-hybridized carbons (Fsp3) is 0.433. The second-order valence-electron chi connectivity index (χ2n) is 10.0. The Labute approximate surface area is 227 Å². The van der Waals surface area contributed by atoms with Crippen molar-refractivity contribution in [2.45, 2.75) is 70.6 Å². The highest BCUT2D eigenvalue weighted by molar-refractivity contribution is 7.09. The van der Waals surface area contributed by atoms with Crippen molar-refractivity contribution in [3.8, 4) is 11.1 Å². The summed E-state index contributed by atoms with van der Waals surface area (Å²) in [6.45, 7) is 1.66. The largest absolute Gasteiger partial charge is 0.480 e. The van der Waals surface area contributed by atoms with Gasteiger partial charge in [0.25, 0.3) is 5.91 Å². The summed E-state index contributed by atoms with van der Waals surface area (Å²) in [5.74, 6) is -1.07. The Morgan fingerprint density at radius 3 is 2.61 bits per heavy atom. The number of rotatable bonds is 12. The van der Waals surface area contributed by atoms with Crippen molar-refractivity contribution in [3.63, 3.8) is 0 Å². The first-order valence-corrected chi connectivity index (χ1v) is 14.2. The zero-order valence-corrected chi connectivity index (χ0v) is 22.6. The molecule has 1 aromatic heterocycles. The van der Waals surface area contributed by atoms with E-state index < -0.39 is 24.5 Å². The molecule has 38 heavy (non-hydrogen) atoms. The molecule has 1 aliphatic carbocycles. The summed E-state index contributed by atoms with van der Waals surface area (Å²) >= 11 is 1.61. The van der Waals surface area contributed by atoms with Crippen molar-refractivity contribution >= 4 is 23.2 Å². The molecule has 1 amide bonds. The molecule has 2 unspecified atom stereocenters. The Morgan fingerprint density at radius 2 is 1.92 bits per heavy atom. The van der Waals surface area contributed by atoms with E-state index in [0.717, 1.165) is 40.3 Å². The van der Waals surface area contributed by atoms with Gasteiger partial charge in [-0.25, -0.2) is 4.79 Å². The Morgan fingerprint density at radius 1 is 1.13 bits per heavy atom. The number of ether oxygens (including phenoxy) is 1. The molecule has 3 N–H and O–H groups in total. The van der Waals surface area contributed by atoms with Crippen LogP contribution in [0.25, 0.3) is 11.1 Å². The van der Waals surface area contributed by atoms with Crippen LogP contribution in [0.3, 0.4) is 0 Å². The molecule has 2 atom stereocenters. The fourth-order valence-corrected chi connectivity index (χ4v) is 5.85. The number of aromatic nitrogens is 1. The second kappa shape index (κ2) is 13.6. The van der Waals surface area contributed by atoms with Crippen LogP contribution in [0.4, 0.5) is 0 Å². The molecule has 1 aliphatic rings. The topological polar surface area (TPSA) is 109 Å². The van der Waals surface area contributed by atoms with Crippen LogP contribution in [-0.4, -0.2) is 39.7 Å². The lowest BCUT2D eigenvalue weighted by Crippen LogP contribution is -2.43. The first-order chi connectivity index (χ1) is 18.5. The van der Waals surface area contributed by atoms with Crippen molar-refractivity contribution in [2.75, 3.05) is 6.61 Å². The number of amides is 1. The number of carboxylic acids is 1. The summed E-state index contributed by atoms with van der Waals surface area (Å²) in [6.07, 6.45) is 10.6. The van der Waals surface area contributed by atoms with Crippen LogP contribution in [0.1, 0.15) is 77.4 Å². The molecule has 1 saturated carbocycles. The monoisotopic (exact) mass is 536 g/mol. The van der Waals surface area contributed by atoms with E-state index in [1.165, 1.54) is 32.1 Å². The van der Waals surface area contributed by atoms with E-state index in [1.807, 2.05) is 55.0 Å². The normalized spacial score (nSPS) is 15.6. The first kappa shape index (κ1) is 28.0. The molecule has 0 saturated heterocycles. The summed E-state index contributed by atoms with van der Waals surface area (Å²) in [5.41, 5.74) is 5.67. The molecule has 0 radical (unpaired) electrons. The van der Waals surface area contributed by atoms with Gasteiger partial charge >= 0.3 is 5.97 Å². The zero-order valence-electron chi connectivity index (χ0n) is 21.8. The number of thiazole rings is 1. The minimum Gasteiger partial charge on any atom is -0.480 e. The Bertz CT molecular complexity index is 1210. The molecule has 7 nitrogen and oxygen atoms in total. The number of hydrogen-bond acceptors (Lipinski definition) is 6. The first-order valence-electron chi connectivity index (χ1n) is 13.3. The number of aryl methyl sites for hydroxylation is 1. The van der Waals surface area contributed by atoms with Crippen LogP contribution >= 0.6 is 11.3 Å². The maximum atomic E-state index is 13.1. The van der Waals surface area contributed by atoms with Crippen molar-refractivity contribution in [1.82, 2.24) is 10.3 Å². The average molecular weight is 537 g/mol. The van der Waals surface area contributed by atoms with E-state index in [2.05, 4.69) is 10.3 Å². The number of carbonyl (C=O) groups excluding carboxylic acids is 1. The van der Waals surface area contributed by atoms with Crippen LogP contribution < -0.4 is 5.32 Å². The van der Waals surface area contributed by atoms with Gasteiger partial charge in [-0.1, -0.05) is 62.4 Å². The van der Waals surface area contributed by atoms with E-state index in [9.17, 15) is 19.8 Å². The number of aliphatic carboxylic acids is 1. The zero-order chi connectivity index (χ0) is 26.9. The third kappa shape index (κ3) is 7.28. The van der Waals surface area contributed by atoms with Crippen molar-refractivity contribution in [2.24, 2.45) is 5.92 Å². The lowest BCUT2D eigenvalue weighted by molar-refractivity contribution is -0.140. The van der Waals surface area contributed by atoms with E-state index >= 15 is 0 Å². The summed E-state index contributed by atoms with van der Waals surface area (Å²) in [7, 11) is 0. The van der Waals surface area contributed by atoms with E-state index in [1.54, 1.807) is 17.4 Å². The highest BCUT2D eigenvalue weighted by Gasteiger charge is 2.23. The number of nitrogens with zero attached hydrogens (tertiary/aromatic N) is 1. The van der Waals surface area contributed by atoms with Crippen LogP contribution in [-0.2, 0) is 16.1 Å². The third-order valence-electron chi connectivity index (χ3n) is 7.33. The molecule has 4 rings (SSSR count). The standard InChI is InChI=1S/C30H36N2O5S/c1-20-7-5-6-10-23(20)25-15-22(11-13-24(25)29(34)32-26(17-33)30(35)36)18-37-27(28-16-31-19-38-28)14-12-21-8-3-2-4-9-21/h5-7,10-11,13,15-16,19,21,26-27,33H,2-4,8-9,12,14,17-18H2,1H3,(H,32,34)(H,35,36). The highest BCUT2D eigenvalue weighted by atomic mass is 32.1. The third-order valence-corrected chi connectivity index (χ3v) is 8.20. The van der Waals surface area contributed by atoms with Crippen molar-refractivity contribution in [3.05, 3.63) is 75.7 Å². The van der Waals surface area contributed by atoms with E-state index in [4.69, 9.17) is 4.74 Å². The summed E-state index contributed by atoms with van der Waals surface area (Å²) in [4.78, 5) is 29.8. The molecule has 202 valence electrons. The molecule has 3 aromatic rings. The fourth-order valence-electron chi connectivity index (χ4n) is 5.15. The van der Waals surface area contributed by atoms with Crippen LogP contribution in [0.15, 0.2) is 54.2 Å². The summed E-state index contributed by atoms with van der Waals surface area (Å²) in [6, 6.07) is 11.9. The molecule has 0 bridgehead atoms. The van der Waals surface area contributed by atoms with E-state index in [0.29, 0.717) is 17.7 Å². The van der Waals surface area contributed by atoms with Gasteiger partial charge in [0.1, 0.15) is 0 Å². The Kier molecular flexibility index (Phi) is 10.0. The Balaban J connectivity index is 1.55. The number of hydrogen-bond donors (Lipinski definition) is 3. The minimum absolute atomic E-state index is 0.0322. The number of benzene rings is 2. The van der Waals surface area contributed by atoms with Gasteiger partial charge in [-0.3, -0.25) is 9.78 Å². The van der Waals surface area contributed by atoms with Gasteiger partial charge in [0.05, 0.1) is 29.7 Å². The molecule has 1 fully saturated rings. The number of aliphatic hydroxyl groups is 1. The van der Waals surface area contributed by atoms with Gasteiger partial charge in [-0.05, 0) is 60.1 Å². The quantitative estimate of drug-likeness (QED) is 0.265. The van der Waals surface area contributed by atoms with Gasteiger partial charge in [0.15, 0.2) is 6.04 Å². The summed E-state index contributed by atoms with van der Waals surface area (Å²) < 4.78 is 6.46. The van der Waals surface area contributed by atoms with Crippen LogP contribution in [0.2, 0.25) is 0 Å². The lowest BCUT2D eigenvalue weighted by Gasteiger charge is -2.24. The average Bonchev–Trinajstić information content (AvgIpc) is 3.47. The van der Waals surface area contributed by atoms with Crippen LogP contribution in [0, 0.1) is 12.8 Å². The summed E-state index contributed by atoms with van der Waals surface area (Å²) in [5, 5.41) is 21.1. The van der Waals surface area contributed by atoms with Gasteiger partial charge in [0, 0.05) is 11.8 Å². The molecule has 8 heteroatoms. The predicted octanol–water partition coefficient (Wildman–Crippen LogP) is 5.91. The molecule has 0 spiro atoms. The van der Waals surface area contributed by atoms with Gasteiger partial charge < -0.3 is 20.3 Å². The second-order valence-corrected chi connectivity index (χ2v) is 10.9. The molecular weight excluding hydrogens is 500 g/mol. The van der Waals surface area contributed by atoms with E-state index in [-0.39, 0.29) is 6.10 Å². The van der Waals surface area contributed by atoms with Crippen LogP contribution in [0.5, 0.6) is 0 Å². The van der Waals surface area contributed by atoms with Gasteiger partial charge in [-0.15, -0.1) is 11.3 Å². The van der Waals surface area contributed by atoms with Crippen molar-refractivity contribution < 1.29 is 24.5 Å². The molecule has 1 heterocycles. The Hall–Kier alpha value is -3.07. The molecular formula is C30H36N2O5S. The predicted molar refractivity (Wildman–Crippen MR) is 148 cm³/mol. The smallest absolute Gasteiger partial charge is 0.328 e. The number of carboxylic acid groups (broad SMARTS) is 1. The minimum atomic E-state index is -1.38. The number of nitrogens with one attached hydrogen (secondary N) is 1. The highest BCUT2D eigenvalue weighted by Crippen LogP contribution is 2.34. The number of carbonyl (C=O) groups is 2. The van der Waals surface area contributed by atoms with Gasteiger partial charge in [-0.2, -0.15) is 0 Å². The lowest BCUT2D eigenvalue weighted by atomic mass is 9.85. The maximum Gasteiger partial charge on any atom is 0.328 e.